The Kier molecular flexibility index (Phi) is 3.54. The van der Waals surface area contributed by atoms with Gasteiger partial charge in [-0.2, -0.15) is 8.78 Å². The van der Waals surface area contributed by atoms with E-state index in [1.807, 2.05) is 0 Å². The van der Waals surface area contributed by atoms with Gasteiger partial charge in [0, 0.05) is 0 Å². The van der Waals surface area contributed by atoms with Crippen molar-refractivity contribution in [3.8, 4) is 5.75 Å². The molecule has 2 aromatic carbocycles. The standard InChI is InChI=1S/C15H8ClF2NO3/c16-10-6-3-7-11(12(10)22-15(17)18)19-13(20)8-4-1-2-5-9(8)14(19)21/h1-7,15H. The smallest absolute Gasteiger partial charge is 0.387 e. The molecule has 1 aliphatic rings. The maximum Gasteiger partial charge on any atom is 0.387 e. The molecule has 0 atom stereocenters. The Morgan fingerprint density at radius 1 is 0.955 bits per heavy atom. The first-order valence-corrected chi connectivity index (χ1v) is 6.59. The number of halogens is 3. The minimum atomic E-state index is -3.13. The Morgan fingerprint density at radius 2 is 1.55 bits per heavy atom. The molecule has 1 heterocycles. The van der Waals surface area contributed by atoms with E-state index in [1.165, 1.54) is 30.3 Å². The third-order valence-electron chi connectivity index (χ3n) is 3.19. The van der Waals surface area contributed by atoms with Crippen molar-refractivity contribution in [2.75, 3.05) is 4.90 Å². The zero-order valence-corrected chi connectivity index (χ0v) is 11.7. The SMILES string of the molecule is O=C1c2ccccc2C(=O)N1c1cccc(Cl)c1OC(F)F. The van der Waals surface area contributed by atoms with Gasteiger partial charge in [0.1, 0.15) is 0 Å². The summed E-state index contributed by atoms with van der Waals surface area (Å²) in [5.41, 5.74) is 0.296. The quantitative estimate of drug-likeness (QED) is 0.808. The summed E-state index contributed by atoms with van der Waals surface area (Å²) in [7, 11) is 0. The highest BCUT2D eigenvalue weighted by atomic mass is 35.5. The van der Waals surface area contributed by atoms with E-state index in [2.05, 4.69) is 4.74 Å². The van der Waals surface area contributed by atoms with Gasteiger partial charge in [-0.1, -0.05) is 29.8 Å². The Hall–Kier alpha value is -2.47. The van der Waals surface area contributed by atoms with Crippen LogP contribution in [-0.2, 0) is 0 Å². The summed E-state index contributed by atoms with van der Waals surface area (Å²) in [4.78, 5) is 25.5. The van der Waals surface area contributed by atoms with E-state index in [9.17, 15) is 18.4 Å². The monoisotopic (exact) mass is 323 g/mol. The summed E-state index contributed by atoms with van der Waals surface area (Å²) in [5.74, 6) is -1.63. The van der Waals surface area contributed by atoms with Crippen LogP contribution in [-0.4, -0.2) is 18.4 Å². The van der Waals surface area contributed by atoms with E-state index < -0.39 is 24.2 Å². The molecule has 0 radical (unpaired) electrons. The van der Waals surface area contributed by atoms with Crippen molar-refractivity contribution in [3.63, 3.8) is 0 Å². The minimum Gasteiger partial charge on any atom is -0.431 e. The van der Waals surface area contributed by atoms with Crippen molar-refractivity contribution in [3.05, 3.63) is 58.6 Å². The molecule has 4 nitrogen and oxygen atoms in total. The number of carbonyl (C=O) groups is 2. The predicted octanol–water partition coefficient (Wildman–Crippen LogP) is 3.74. The van der Waals surface area contributed by atoms with Crippen LogP contribution in [0.3, 0.4) is 0 Å². The van der Waals surface area contributed by atoms with Gasteiger partial charge in [0.05, 0.1) is 21.8 Å². The summed E-state index contributed by atoms with van der Waals surface area (Å²) in [6, 6.07) is 10.3. The summed E-state index contributed by atoms with van der Waals surface area (Å²) in [6.07, 6.45) is 0. The summed E-state index contributed by atoms with van der Waals surface area (Å²) < 4.78 is 29.5. The first-order valence-electron chi connectivity index (χ1n) is 6.22. The molecule has 3 rings (SSSR count). The number of amides is 2. The fourth-order valence-electron chi connectivity index (χ4n) is 2.29. The Bertz CT molecular complexity index is 744. The lowest BCUT2D eigenvalue weighted by Crippen LogP contribution is -2.30. The lowest BCUT2D eigenvalue weighted by atomic mass is 10.1. The van der Waals surface area contributed by atoms with E-state index in [4.69, 9.17) is 11.6 Å². The molecule has 0 aromatic heterocycles. The molecular weight excluding hydrogens is 316 g/mol. The third kappa shape index (κ3) is 2.21. The summed E-state index contributed by atoms with van der Waals surface area (Å²) in [6.45, 7) is -3.13. The number of para-hydroxylation sites is 1. The minimum absolute atomic E-state index is 0.112. The second-order valence-corrected chi connectivity index (χ2v) is 4.87. The number of anilines is 1. The molecule has 0 unspecified atom stereocenters. The Balaban J connectivity index is 2.12. The van der Waals surface area contributed by atoms with Gasteiger partial charge in [0.15, 0.2) is 5.75 Å². The van der Waals surface area contributed by atoms with Crippen LogP contribution < -0.4 is 9.64 Å². The van der Waals surface area contributed by atoms with Crippen LogP contribution in [0.5, 0.6) is 5.75 Å². The molecule has 1 aliphatic heterocycles. The van der Waals surface area contributed by atoms with Gasteiger partial charge in [-0.15, -0.1) is 0 Å². The number of ether oxygens (including phenoxy) is 1. The van der Waals surface area contributed by atoms with E-state index in [0.717, 1.165) is 4.90 Å². The molecular formula is C15H8ClF2NO3. The van der Waals surface area contributed by atoms with E-state index in [-0.39, 0.29) is 21.8 Å². The number of carbonyl (C=O) groups excluding carboxylic acids is 2. The highest BCUT2D eigenvalue weighted by Crippen LogP contribution is 2.40. The average molecular weight is 324 g/mol. The van der Waals surface area contributed by atoms with Crippen LogP contribution in [0.15, 0.2) is 42.5 Å². The first-order chi connectivity index (χ1) is 10.5. The van der Waals surface area contributed by atoms with Crippen LogP contribution in [0.2, 0.25) is 5.02 Å². The highest BCUT2D eigenvalue weighted by molar-refractivity contribution is 6.36. The molecule has 2 aromatic rings. The molecule has 0 N–H and O–H groups in total. The number of imide groups is 1. The summed E-state index contributed by atoms with van der Waals surface area (Å²) >= 11 is 5.85. The summed E-state index contributed by atoms with van der Waals surface area (Å²) in [5, 5.41) is -0.116. The molecule has 0 fully saturated rings. The van der Waals surface area contributed by atoms with E-state index in [0.29, 0.717) is 0 Å². The number of nitrogens with zero attached hydrogens (tertiary/aromatic N) is 1. The van der Waals surface area contributed by atoms with Crippen LogP contribution in [0, 0.1) is 0 Å². The van der Waals surface area contributed by atoms with Gasteiger partial charge in [0.25, 0.3) is 11.8 Å². The maximum atomic E-state index is 12.6. The maximum absolute atomic E-state index is 12.6. The highest BCUT2D eigenvalue weighted by Gasteiger charge is 2.38. The molecule has 112 valence electrons. The van der Waals surface area contributed by atoms with Crippen molar-refractivity contribution >= 4 is 29.1 Å². The van der Waals surface area contributed by atoms with Crippen molar-refractivity contribution in [2.24, 2.45) is 0 Å². The first kappa shape index (κ1) is 14.5. The number of hydrogen-bond acceptors (Lipinski definition) is 3. The predicted molar refractivity (Wildman–Crippen MR) is 75.7 cm³/mol. The second kappa shape index (κ2) is 5.38. The fourth-order valence-corrected chi connectivity index (χ4v) is 2.50. The third-order valence-corrected chi connectivity index (χ3v) is 3.49. The number of fused-ring (bicyclic) bond motifs is 1. The lowest BCUT2D eigenvalue weighted by molar-refractivity contribution is -0.0494. The van der Waals surface area contributed by atoms with Crippen molar-refractivity contribution < 1.29 is 23.1 Å². The van der Waals surface area contributed by atoms with Crippen molar-refractivity contribution in [1.29, 1.82) is 0 Å². The van der Waals surface area contributed by atoms with Gasteiger partial charge >= 0.3 is 6.61 Å². The molecule has 22 heavy (non-hydrogen) atoms. The zero-order valence-electron chi connectivity index (χ0n) is 10.9. The molecule has 0 spiro atoms. The van der Waals surface area contributed by atoms with Crippen molar-refractivity contribution in [1.82, 2.24) is 0 Å². The lowest BCUT2D eigenvalue weighted by Gasteiger charge is -2.19. The van der Waals surface area contributed by atoms with Crippen LogP contribution in [0.25, 0.3) is 0 Å². The van der Waals surface area contributed by atoms with Gasteiger partial charge in [-0.3, -0.25) is 9.59 Å². The average Bonchev–Trinajstić information content (AvgIpc) is 2.74. The van der Waals surface area contributed by atoms with Gasteiger partial charge in [-0.25, -0.2) is 4.90 Å². The normalized spacial score (nSPS) is 13.7. The molecule has 0 bridgehead atoms. The van der Waals surface area contributed by atoms with Gasteiger partial charge in [0.2, 0.25) is 0 Å². The second-order valence-electron chi connectivity index (χ2n) is 4.46. The molecule has 0 saturated carbocycles. The number of benzene rings is 2. The Morgan fingerprint density at radius 3 is 2.09 bits per heavy atom. The number of rotatable bonds is 3. The van der Waals surface area contributed by atoms with E-state index >= 15 is 0 Å². The molecule has 2 amide bonds. The van der Waals surface area contributed by atoms with Crippen LogP contribution in [0.1, 0.15) is 20.7 Å². The molecule has 7 heteroatoms. The number of alkyl halides is 2. The van der Waals surface area contributed by atoms with Crippen LogP contribution >= 0.6 is 11.6 Å². The largest absolute Gasteiger partial charge is 0.431 e. The van der Waals surface area contributed by atoms with Gasteiger partial charge < -0.3 is 4.74 Å². The topological polar surface area (TPSA) is 46.6 Å². The fraction of sp³-hybridized carbons (Fsp3) is 0.0667. The van der Waals surface area contributed by atoms with Crippen LogP contribution in [0.4, 0.5) is 14.5 Å². The van der Waals surface area contributed by atoms with Crippen molar-refractivity contribution in [2.45, 2.75) is 6.61 Å². The van der Waals surface area contributed by atoms with Gasteiger partial charge in [-0.05, 0) is 24.3 Å². The van der Waals surface area contributed by atoms with E-state index in [1.54, 1.807) is 12.1 Å². The molecule has 0 aliphatic carbocycles. The Labute approximate surface area is 128 Å². The zero-order chi connectivity index (χ0) is 15.9. The molecule has 0 saturated heterocycles. The number of hydrogen-bond donors (Lipinski definition) is 0.